The molecule has 0 radical (unpaired) electrons. The Kier molecular flexibility index (Phi) is 5.53. The minimum atomic E-state index is 0.0276. The van der Waals surface area contributed by atoms with E-state index in [9.17, 15) is 4.79 Å². The third-order valence-electron chi connectivity index (χ3n) is 5.06. The van der Waals surface area contributed by atoms with Crippen LogP contribution in [0.5, 0.6) is 5.88 Å². The lowest BCUT2D eigenvalue weighted by atomic mass is 9.87. The van der Waals surface area contributed by atoms with Crippen LogP contribution in [0.3, 0.4) is 0 Å². The zero-order chi connectivity index (χ0) is 16.9. The fourth-order valence-corrected chi connectivity index (χ4v) is 3.60. The van der Waals surface area contributed by atoms with Crippen molar-refractivity contribution in [2.75, 3.05) is 32.1 Å². The number of carbonyl (C=O) groups is 1. The molecule has 0 spiro atoms. The highest BCUT2D eigenvalue weighted by atomic mass is 16.5. The number of likely N-dealkylation sites (tertiary alicyclic amines) is 1. The summed E-state index contributed by atoms with van der Waals surface area (Å²) in [6.45, 7) is 1.46. The molecule has 0 bridgehead atoms. The second kappa shape index (κ2) is 7.81. The van der Waals surface area contributed by atoms with Crippen molar-refractivity contribution >= 4 is 11.7 Å². The standard InChI is InChI=1S/C18H28N4O2/c1-21(2)16-8-9-17(20-19-16)24-15-10-11-22(13-15)18(23)12-14-6-4-3-5-7-14/h8-9,14-15H,3-7,10-13H2,1-2H3/t15-/m1/s1. The zero-order valence-electron chi connectivity index (χ0n) is 14.8. The maximum Gasteiger partial charge on any atom is 0.233 e. The van der Waals surface area contributed by atoms with Crippen molar-refractivity contribution in [3.63, 3.8) is 0 Å². The van der Waals surface area contributed by atoms with Crippen molar-refractivity contribution in [1.29, 1.82) is 0 Å². The van der Waals surface area contributed by atoms with Gasteiger partial charge in [-0.25, -0.2) is 0 Å². The number of rotatable bonds is 5. The fourth-order valence-electron chi connectivity index (χ4n) is 3.60. The summed E-state index contributed by atoms with van der Waals surface area (Å²) in [7, 11) is 3.86. The number of hydrogen-bond acceptors (Lipinski definition) is 5. The summed E-state index contributed by atoms with van der Waals surface area (Å²) in [5.74, 6) is 2.22. The van der Waals surface area contributed by atoms with Gasteiger partial charge in [0.05, 0.1) is 6.54 Å². The van der Waals surface area contributed by atoms with E-state index in [1.165, 1.54) is 32.1 Å². The van der Waals surface area contributed by atoms with Crippen LogP contribution in [0.2, 0.25) is 0 Å². The van der Waals surface area contributed by atoms with Crippen LogP contribution in [0.1, 0.15) is 44.9 Å². The molecular formula is C18H28N4O2. The predicted octanol–water partition coefficient (Wildman–Crippen LogP) is 2.49. The van der Waals surface area contributed by atoms with Gasteiger partial charge in [-0.15, -0.1) is 10.2 Å². The molecule has 2 heterocycles. The zero-order valence-corrected chi connectivity index (χ0v) is 14.8. The first-order valence-electron chi connectivity index (χ1n) is 9.07. The lowest BCUT2D eigenvalue weighted by Crippen LogP contribution is -2.32. The minimum Gasteiger partial charge on any atom is -0.471 e. The van der Waals surface area contributed by atoms with Crippen LogP contribution in [0, 0.1) is 5.92 Å². The predicted molar refractivity (Wildman–Crippen MR) is 93.2 cm³/mol. The average molecular weight is 332 g/mol. The van der Waals surface area contributed by atoms with E-state index in [1.54, 1.807) is 0 Å². The maximum atomic E-state index is 12.5. The summed E-state index contributed by atoms with van der Waals surface area (Å²) >= 11 is 0. The average Bonchev–Trinajstić information content (AvgIpc) is 3.05. The molecule has 6 nitrogen and oxygen atoms in total. The van der Waals surface area contributed by atoms with Gasteiger partial charge in [-0.05, 0) is 24.8 Å². The molecule has 3 rings (SSSR count). The van der Waals surface area contributed by atoms with E-state index in [1.807, 2.05) is 36.0 Å². The molecule has 0 N–H and O–H groups in total. The van der Waals surface area contributed by atoms with Crippen LogP contribution in [-0.4, -0.2) is 54.3 Å². The van der Waals surface area contributed by atoms with Crippen LogP contribution >= 0.6 is 0 Å². The Morgan fingerprint density at radius 2 is 2.00 bits per heavy atom. The van der Waals surface area contributed by atoms with E-state index in [2.05, 4.69) is 10.2 Å². The molecular weight excluding hydrogens is 304 g/mol. The normalized spacial score (nSPS) is 21.8. The van der Waals surface area contributed by atoms with Gasteiger partial charge in [-0.3, -0.25) is 4.79 Å². The van der Waals surface area contributed by atoms with Crippen LogP contribution in [0.15, 0.2) is 12.1 Å². The maximum absolute atomic E-state index is 12.5. The van der Waals surface area contributed by atoms with Crippen molar-refractivity contribution in [1.82, 2.24) is 15.1 Å². The summed E-state index contributed by atoms with van der Waals surface area (Å²) in [4.78, 5) is 16.3. The van der Waals surface area contributed by atoms with Gasteiger partial charge in [0.15, 0.2) is 5.82 Å². The highest BCUT2D eigenvalue weighted by molar-refractivity contribution is 5.76. The Bertz CT molecular complexity index is 540. The number of hydrogen-bond donors (Lipinski definition) is 0. The Hall–Kier alpha value is -1.85. The molecule has 6 heteroatoms. The molecule has 1 aromatic rings. The number of ether oxygens (including phenoxy) is 1. The lowest BCUT2D eigenvalue weighted by molar-refractivity contribution is -0.131. The van der Waals surface area contributed by atoms with Gasteiger partial charge in [0.1, 0.15) is 6.10 Å². The molecule has 1 atom stereocenters. The molecule has 1 saturated carbocycles. The molecule has 1 aliphatic carbocycles. The topological polar surface area (TPSA) is 58.6 Å². The van der Waals surface area contributed by atoms with Gasteiger partial charge in [0.25, 0.3) is 0 Å². The Balaban J connectivity index is 1.47. The Morgan fingerprint density at radius 3 is 2.67 bits per heavy atom. The molecule has 1 amide bonds. The first kappa shape index (κ1) is 17.0. The summed E-state index contributed by atoms with van der Waals surface area (Å²) in [6, 6.07) is 3.73. The number of amides is 1. The van der Waals surface area contributed by atoms with Crippen LogP contribution < -0.4 is 9.64 Å². The molecule has 24 heavy (non-hydrogen) atoms. The third kappa shape index (κ3) is 4.36. The monoisotopic (exact) mass is 332 g/mol. The molecule has 1 aliphatic heterocycles. The molecule has 2 aliphatic rings. The molecule has 2 fully saturated rings. The van der Waals surface area contributed by atoms with Crippen molar-refractivity contribution in [3.8, 4) is 5.88 Å². The van der Waals surface area contributed by atoms with Gasteiger partial charge in [0, 0.05) is 39.5 Å². The molecule has 1 saturated heterocycles. The highest BCUT2D eigenvalue weighted by Gasteiger charge is 2.29. The van der Waals surface area contributed by atoms with Crippen molar-refractivity contribution in [2.24, 2.45) is 5.92 Å². The summed E-state index contributed by atoms with van der Waals surface area (Å²) in [5, 5.41) is 8.23. The van der Waals surface area contributed by atoms with E-state index in [4.69, 9.17) is 4.74 Å². The van der Waals surface area contributed by atoms with Gasteiger partial charge >= 0.3 is 0 Å². The summed E-state index contributed by atoms with van der Waals surface area (Å²) < 4.78 is 5.89. The first-order valence-corrected chi connectivity index (χ1v) is 9.07. The van der Waals surface area contributed by atoms with Gasteiger partial charge in [-0.2, -0.15) is 0 Å². The number of carbonyl (C=O) groups excluding carboxylic acids is 1. The number of nitrogens with zero attached hydrogens (tertiary/aromatic N) is 4. The van der Waals surface area contributed by atoms with E-state index in [0.29, 0.717) is 30.7 Å². The molecule has 0 aromatic carbocycles. The molecule has 1 aromatic heterocycles. The second-order valence-electron chi connectivity index (χ2n) is 7.20. The van der Waals surface area contributed by atoms with Crippen LogP contribution in [0.25, 0.3) is 0 Å². The van der Waals surface area contributed by atoms with E-state index in [0.717, 1.165) is 18.8 Å². The second-order valence-corrected chi connectivity index (χ2v) is 7.20. The lowest BCUT2D eigenvalue weighted by Gasteiger charge is -2.24. The van der Waals surface area contributed by atoms with E-state index >= 15 is 0 Å². The quantitative estimate of drug-likeness (QED) is 0.829. The Morgan fingerprint density at radius 1 is 1.21 bits per heavy atom. The van der Waals surface area contributed by atoms with E-state index in [-0.39, 0.29) is 6.10 Å². The highest BCUT2D eigenvalue weighted by Crippen LogP contribution is 2.27. The SMILES string of the molecule is CN(C)c1ccc(O[C@@H]2CCN(C(=O)CC3CCCCC3)C2)nn1. The number of aromatic nitrogens is 2. The largest absolute Gasteiger partial charge is 0.471 e. The van der Waals surface area contributed by atoms with Gasteiger partial charge in [-0.1, -0.05) is 19.3 Å². The van der Waals surface area contributed by atoms with Gasteiger partial charge in [0.2, 0.25) is 11.8 Å². The smallest absolute Gasteiger partial charge is 0.233 e. The first-order chi connectivity index (χ1) is 11.6. The van der Waals surface area contributed by atoms with Crippen molar-refractivity contribution < 1.29 is 9.53 Å². The molecule has 132 valence electrons. The van der Waals surface area contributed by atoms with Crippen LogP contribution in [0.4, 0.5) is 5.82 Å². The number of anilines is 1. The minimum absolute atomic E-state index is 0.0276. The van der Waals surface area contributed by atoms with Crippen LogP contribution in [-0.2, 0) is 4.79 Å². The molecule has 0 unspecified atom stereocenters. The summed E-state index contributed by atoms with van der Waals surface area (Å²) in [6.07, 6.45) is 7.94. The Labute approximate surface area is 144 Å². The third-order valence-corrected chi connectivity index (χ3v) is 5.06. The van der Waals surface area contributed by atoms with Crippen molar-refractivity contribution in [3.05, 3.63) is 12.1 Å². The van der Waals surface area contributed by atoms with Gasteiger partial charge < -0.3 is 14.5 Å². The van der Waals surface area contributed by atoms with Crippen molar-refractivity contribution in [2.45, 2.75) is 51.0 Å². The fraction of sp³-hybridized carbons (Fsp3) is 0.722. The summed E-state index contributed by atoms with van der Waals surface area (Å²) in [5.41, 5.74) is 0. The van der Waals surface area contributed by atoms with E-state index < -0.39 is 0 Å².